The number of terminal acetylenes is 1. The molecule has 0 unspecified atom stereocenters. The Morgan fingerprint density at radius 3 is 2.86 bits per heavy atom. The number of benzene rings is 1. The molecule has 2 heterocycles. The molecular weight excluding hydrogens is 286 g/mol. The van der Waals surface area contributed by atoms with Crippen molar-refractivity contribution < 1.29 is 4.92 Å². The second-order valence-corrected chi connectivity index (χ2v) is 5.37. The molecule has 6 heteroatoms. The lowest BCUT2D eigenvalue weighted by Crippen LogP contribution is -1.89. The van der Waals surface area contributed by atoms with Crippen LogP contribution in [0.4, 0.5) is 11.4 Å². The molecule has 0 spiro atoms. The van der Waals surface area contributed by atoms with Gasteiger partial charge in [-0.05, 0) is 11.6 Å². The minimum atomic E-state index is -0.426. The van der Waals surface area contributed by atoms with Gasteiger partial charge in [-0.2, -0.15) is 0 Å². The van der Waals surface area contributed by atoms with E-state index in [1.807, 2.05) is 6.07 Å². The van der Waals surface area contributed by atoms with Gasteiger partial charge in [0.1, 0.15) is 9.71 Å². The molecule has 0 aliphatic rings. The lowest BCUT2D eigenvalue weighted by Gasteiger charge is -2.02. The Kier molecular flexibility index (Phi) is 3.05. The van der Waals surface area contributed by atoms with E-state index in [1.165, 1.54) is 23.5 Å². The third-order valence-electron chi connectivity index (χ3n) is 3.11. The molecule has 0 saturated heterocycles. The smallest absolute Gasteiger partial charge is 0.270 e. The Balaban J connectivity index is 2.17. The molecule has 0 aliphatic heterocycles. The Hall–Kier alpha value is -2.91. The van der Waals surface area contributed by atoms with E-state index in [1.54, 1.807) is 18.3 Å². The summed E-state index contributed by atoms with van der Waals surface area (Å²) in [7, 11) is 0. The molecule has 0 amide bonds. The number of anilines is 1. The van der Waals surface area contributed by atoms with E-state index < -0.39 is 4.92 Å². The highest BCUT2D eigenvalue weighted by atomic mass is 32.1. The fraction of sp³-hybridized carbons (Fsp3) is 0. The van der Waals surface area contributed by atoms with Crippen molar-refractivity contribution in [1.82, 2.24) is 4.98 Å². The summed E-state index contributed by atoms with van der Waals surface area (Å²) in [6.07, 6.45) is 7.06. The number of nitrogens with zero attached hydrogens (tertiary/aromatic N) is 2. The summed E-state index contributed by atoms with van der Waals surface area (Å²) < 4.78 is 0. The second-order valence-electron chi connectivity index (χ2n) is 4.37. The first-order valence-corrected chi connectivity index (χ1v) is 6.81. The highest BCUT2D eigenvalue weighted by molar-refractivity contribution is 7.19. The van der Waals surface area contributed by atoms with E-state index >= 15 is 0 Å². The number of nitrogens with two attached hydrogens (primary N) is 1. The summed E-state index contributed by atoms with van der Waals surface area (Å²) in [5, 5.41) is 11.6. The van der Waals surface area contributed by atoms with E-state index in [4.69, 9.17) is 12.2 Å². The molecule has 0 aliphatic carbocycles. The van der Waals surface area contributed by atoms with Crippen molar-refractivity contribution in [2.24, 2.45) is 0 Å². The zero-order valence-electron chi connectivity index (χ0n) is 10.7. The van der Waals surface area contributed by atoms with Crippen LogP contribution in [-0.4, -0.2) is 9.91 Å². The average Bonchev–Trinajstić information content (AvgIpc) is 2.83. The van der Waals surface area contributed by atoms with Gasteiger partial charge in [0.25, 0.3) is 5.69 Å². The van der Waals surface area contributed by atoms with Crippen LogP contribution in [0.3, 0.4) is 0 Å². The molecule has 0 bridgehead atoms. The van der Waals surface area contributed by atoms with Gasteiger partial charge >= 0.3 is 0 Å². The first-order valence-electron chi connectivity index (χ1n) is 5.99. The number of fused-ring (bicyclic) bond motifs is 1. The van der Waals surface area contributed by atoms with Gasteiger partial charge in [0.15, 0.2) is 0 Å². The number of nitro benzene ring substituents is 1. The standard InChI is InChI=1S/C15H9N3O2S/c1-2-13-14(16)12-7-10(8-17-15(12)21-13)9-4-3-5-11(6-9)18(19)20/h1,3-8H,16H2. The molecule has 3 rings (SSSR count). The fourth-order valence-corrected chi connectivity index (χ4v) is 2.92. The van der Waals surface area contributed by atoms with Crippen molar-refractivity contribution >= 4 is 32.9 Å². The summed E-state index contributed by atoms with van der Waals surface area (Å²) in [4.78, 5) is 16.2. The lowest BCUT2D eigenvalue weighted by atomic mass is 10.1. The van der Waals surface area contributed by atoms with Crippen LogP contribution in [0.1, 0.15) is 4.88 Å². The maximum atomic E-state index is 10.8. The summed E-state index contributed by atoms with van der Waals surface area (Å²) >= 11 is 1.36. The molecule has 2 aromatic heterocycles. The van der Waals surface area contributed by atoms with Crippen molar-refractivity contribution in [3.05, 3.63) is 51.5 Å². The minimum Gasteiger partial charge on any atom is -0.396 e. The number of hydrogen-bond acceptors (Lipinski definition) is 5. The van der Waals surface area contributed by atoms with Crippen molar-refractivity contribution in [3.63, 3.8) is 0 Å². The largest absolute Gasteiger partial charge is 0.396 e. The molecule has 0 radical (unpaired) electrons. The second kappa shape index (κ2) is 4.89. The van der Waals surface area contributed by atoms with Crippen molar-refractivity contribution in [1.29, 1.82) is 0 Å². The molecule has 0 saturated carbocycles. The molecule has 3 aromatic rings. The summed E-state index contributed by atoms with van der Waals surface area (Å²) in [5.74, 6) is 2.53. The van der Waals surface area contributed by atoms with Crippen LogP contribution in [0, 0.1) is 22.5 Å². The number of non-ortho nitro benzene ring substituents is 1. The fourth-order valence-electron chi connectivity index (χ4n) is 2.06. The predicted molar refractivity (Wildman–Crippen MR) is 84.1 cm³/mol. The highest BCUT2D eigenvalue weighted by Crippen LogP contribution is 2.34. The normalized spacial score (nSPS) is 10.4. The van der Waals surface area contributed by atoms with Crippen LogP contribution < -0.4 is 5.73 Å². The number of hydrogen-bond donors (Lipinski definition) is 1. The van der Waals surface area contributed by atoms with Gasteiger partial charge in [-0.25, -0.2) is 4.98 Å². The number of aromatic nitrogens is 1. The maximum Gasteiger partial charge on any atom is 0.270 e. The van der Waals surface area contributed by atoms with E-state index in [0.717, 1.165) is 15.8 Å². The first kappa shape index (κ1) is 13.1. The molecular formula is C15H9N3O2S. The van der Waals surface area contributed by atoms with Gasteiger partial charge in [0, 0.05) is 29.3 Å². The molecule has 5 nitrogen and oxygen atoms in total. The third kappa shape index (κ3) is 2.20. The van der Waals surface area contributed by atoms with Crippen LogP contribution >= 0.6 is 11.3 Å². The van der Waals surface area contributed by atoms with Crippen molar-refractivity contribution in [2.75, 3.05) is 5.73 Å². The Labute approximate surface area is 124 Å². The third-order valence-corrected chi connectivity index (χ3v) is 4.17. The van der Waals surface area contributed by atoms with Gasteiger partial charge < -0.3 is 5.73 Å². The van der Waals surface area contributed by atoms with E-state index in [-0.39, 0.29) is 5.69 Å². The van der Waals surface area contributed by atoms with Crippen LogP contribution in [0.5, 0.6) is 0 Å². The van der Waals surface area contributed by atoms with Crippen molar-refractivity contribution in [3.8, 4) is 23.5 Å². The SMILES string of the molecule is C#Cc1sc2ncc(-c3cccc([N+](=O)[O-])c3)cc2c1N. The Bertz CT molecular complexity index is 909. The van der Waals surface area contributed by atoms with Gasteiger partial charge in [0.05, 0.1) is 10.6 Å². The topological polar surface area (TPSA) is 82.0 Å². The zero-order valence-corrected chi connectivity index (χ0v) is 11.6. The highest BCUT2D eigenvalue weighted by Gasteiger charge is 2.12. The van der Waals surface area contributed by atoms with Gasteiger partial charge in [-0.15, -0.1) is 17.8 Å². The zero-order chi connectivity index (χ0) is 15.0. The first-order chi connectivity index (χ1) is 10.1. The van der Waals surface area contributed by atoms with Gasteiger partial charge in [-0.1, -0.05) is 18.1 Å². The number of rotatable bonds is 2. The van der Waals surface area contributed by atoms with E-state index in [9.17, 15) is 10.1 Å². The number of nitrogen functional groups attached to an aromatic ring is 1. The molecule has 21 heavy (non-hydrogen) atoms. The van der Waals surface area contributed by atoms with Crippen LogP contribution in [0.2, 0.25) is 0 Å². The van der Waals surface area contributed by atoms with Crippen LogP contribution in [0.25, 0.3) is 21.3 Å². The molecule has 0 atom stereocenters. The summed E-state index contributed by atoms with van der Waals surface area (Å²) in [6.45, 7) is 0. The quantitative estimate of drug-likeness (QED) is 0.446. The van der Waals surface area contributed by atoms with Gasteiger partial charge in [0.2, 0.25) is 0 Å². The minimum absolute atomic E-state index is 0.0372. The van der Waals surface area contributed by atoms with Crippen molar-refractivity contribution in [2.45, 2.75) is 0 Å². The number of nitro groups is 1. The maximum absolute atomic E-state index is 10.8. The summed E-state index contributed by atoms with van der Waals surface area (Å²) in [6, 6.07) is 8.24. The Morgan fingerprint density at radius 1 is 1.33 bits per heavy atom. The molecule has 2 N–H and O–H groups in total. The monoisotopic (exact) mass is 295 g/mol. The summed E-state index contributed by atoms with van der Waals surface area (Å²) in [5.41, 5.74) is 8.03. The number of pyridine rings is 1. The van der Waals surface area contributed by atoms with Crippen LogP contribution in [-0.2, 0) is 0 Å². The predicted octanol–water partition coefficient (Wildman–Crippen LogP) is 3.44. The molecule has 102 valence electrons. The van der Waals surface area contributed by atoms with E-state index in [0.29, 0.717) is 16.1 Å². The van der Waals surface area contributed by atoms with Crippen LogP contribution in [0.15, 0.2) is 36.5 Å². The van der Waals surface area contributed by atoms with E-state index in [2.05, 4.69) is 10.9 Å². The number of thiophene rings is 1. The molecule has 0 fully saturated rings. The molecule has 1 aromatic carbocycles. The average molecular weight is 295 g/mol. The lowest BCUT2D eigenvalue weighted by molar-refractivity contribution is -0.384. The Morgan fingerprint density at radius 2 is 2.14 bits per heavy atom. The van der Waals surface area contributed by atoms with Gasteiger partial charge in [-0.3, -0.25) is 10.1 Å².